The van der Waals surface area contributed by atoms with E-state index in [-0.39, 0.29) is 30.4 Å². The number of benzene rings is 2. The molecular formula is C22H25NO5S. The summed E-state index contributed by atoms with van der Waals surface area (Å²) >= 11 is 0. The summed E-state index contributed by atoms with van der Waals surface area (Å²) in [6, 6.07) is 18.6. The molecule has 1 atom stereocenters. The molecule has 2 aromatic rings. The van der Waals surface area contributed by atoms with Crippen LogP contribution in [0.2, 0.25) is 0 Å². The van der Waals surface area contributed by atoms with Gasteiger partial charge in [-0.05, 0) is 24.0 Å². The number of ether oxygens (including phenoxy) is 1. The van der Waals surface area contributed by atoms with Gasteiger partial charge in [0.15, 0.2) is 16.4 Å². The van der Waals surface area contributed by atoms with E-state index in [1.165, 1.54) is 4.90 Å². The molecule has 2 aromatic carbocycles. The van der Waals surface area contributed by atoms with E-state index in [1.54, 1.807) is 0 Å². The van der Waals surface area contributed by atoms with Crippen LogP contribution in [-0.2, 0) is 37.1 Å². The maximum atomic E-state index is 12.8. The van der Waals surface area contributed by atoms with Gasteiger partial charge in [-0.1, -0.05) is 60.7 Å². The SMILES string of the molecule is O=C(CCc1ccccc1)OCC(=O)N(Cc1ccccc1)[C@@H]1CCS(=O)(=O)C1. The topological polar surface area (TPSA) is 80.8 Å². The Balaban J connectivity index is 1.58. The fourth-order valence-electron chi connectivity index (χ4n) is 3.41. The number of rotatable bonds is 8. The van der Waals surface area contributed by atoms with Crippen LogP contribution >= 0.6 is 0 Å². The first-order valence-electron chi connectivity index (χ1n) is 9.66. The molecule has 7 heteroatoms. The van der Waals surface area contributed by atoms with Crippen molar-refractivity contribution in [2.24, 2.45) is 0 Å². The van der Waals surface area contributed by atoms with Crippen LogP contribution in [0.15, 0.2) is 60.7 Å². The Hall–Kier alpha value is -2.67. The lowest BCUT2D eigenvalue weighted by molar-refractivity contribution is -0.153. The Labute approximate surface area is 171 Å². The van der Waals surface area contributed by atoms with Gasteiger partial charge in [-0.15, -0.1) is 0 Å². The van der Waals surface area contributed by atoms with Gasteiger partial charge >= 0.3 is 5.97 Å². The van der Waals surface area contributed by atoms with Crippen molar-refractivity contribution in [1.82, 2.24) is 4.90 Å². The van der Waals surface area contributed by atoms with Crippen LogP contribution < -0.4 is 0 Å². The Morgan fingerprint density at radius 1 is 0.966 bits per heavy atom. The van der Waals surface area contributed by atoms with Gasteiger partial charge in [-0.25, -0.2) is 8.42 Å². The molecule has 0 aromatic heterocycles. The van der Waals surface area contributed by atoms with Crippen molar-refractivity contribution in [2.75, 3.05) is 18.1 Å². The molecule has 0 radical (unpaired) electrons. The number of aryl methyl sites for hydroxylation is 1. The average Bonchev–Trinajstić information content (AvgIpc) is 3.09. The van der Waals surface area contributed by atoms with Gasteiger partial charge in [0.05, 0.1) is 11.5 Å². The lowest BCUT2D eigenvalue weighted by atomic mass is 10.1. The molecule has 0 bridgehead atoms. The van der Waals surface area contributed by atoms with E-state index < -0.39 is 21.8 Å². The molecule has 3 rings (SSSR count). The van der Waals surface area contributed by atoms with Gasteiger partial charge < -0.3 is 9.64 Å². The van der Waals surface area contributed by atoms with Crippen molar-refractivity contribution in [3.05, 3.63) is 71.8 Å². The highest BCUT2D eigenvalue weighted by atomic mass is 32.2. The maximum Gasteiger partial charge on any atom is 0.306 e. The molecule has 1 aliphatic heterocycles. The molecule has 1 saturated heterocycles. The predicted octanol–water partition coefficient (Wildman–Crippen LogP) is 2.38. The second-order valence-corrected chi connectivity index (χ2v) is 9.44. The molecule has 1 fully saturated rings. The van der Waals surface area contributed by atoms with E-state index in [4.69, 9.17) is 4.74 Å². The molecule has 0 aliphatic carbocycles. The minimum Gasteiger partial charge on any atom is -0.456 e. The zero-order valence-corrected chi connectivity index (χ0v) is 17.0. The van der Waals surface area contributed by atoms with Crippen LogP contribution in [0, 0.1) is 0 Å². The predicted molar refractivity (Wildman–Crippen MR) is 110 cm³/mol. The highest BCUT2D eigenvalue weighted by molar-refractivity contribution is 7.91. The molecule has 154 valence electrons. The first-order chi connectivity index (χ1) is 13.9. The third kappa shape index (κ3) is 6.42. The third-order valence-corrected chi connectivity index (χ3v) is 6.73. The summed E-state index contributed by atoms with van der Waals surface area (Å²) < 4.78 is 28.9. The number of nitrogens with zero attached hydrogens (tertiary/aromatic N) is 1. The van der Waals surface area contributed by atoms with E-state index >= 15 is 0 Å². The van der Waals surface area contributed by atoms with Crippen molar-refractivity contribution in [1.29, 1.82) is 0 Å². The molecule has 6 nitrogen and oxygen atoms in total. The quantitative estimate of drug-likeness (QED) is 0.619. The second-order valence-electron chi connectivity index (χ2n) is 7.21. The van der Waals surface area contributed by atoms with Gasteiger partial charge in [0.1, 0.15) is 0 Å². The number of esters is 1. The van der Waals surface area contributed by atoms with Gasteiger partial charge in [0.2, 0.25) is 0 Å². The zero-order valence-electron chi connectivity index (χ0n) is 16.2. The van der Waals surface area contributed by atoms with Crippen LogP contribution in [0.1, 0.15) is 24.0 Å². The molecule has 1 heterocycles. The van der Waals surface area contributed by atoms with E-state index in [2.05, 4.69) is 0 Å². The molecule has 1 amide bonds. The van der Waals surface area contributed by atoms with Gasteiger partial charge in [-0.3, -0.25) is 9.59 Å². The second kappa shape index (κ2) is 9.69. The van der Waals surface area contributed by atoms with Crippen molar-refractivity contribution in [3.8, 4) is 0 Å². The number of carbonyl (C=O) groups excluding carboxylic acids is 2. The third-order valence-electron chi connectivity index (χ3n) is 4.98. The lowest BCUT2D eigenvalue weighted by Crippen LogP contribution is -2.42. The summed E-state index contributed by atoms with van der Waals surface area (Å²) in [5.74, 6) is -0.786. The van der Waals surface area contributed by atoms with E-state index in [0.29, 0.717) is 19.4 Å². The fraction of sp³-hybridized carbons (Fsp3) is 0.364. The molecular weight excluding hydrogens is 390 g/mol. The van der Waals surface area contributed by atoms with Crippen LogP contribution in [0.25, 0.3) is 0 Å². The number of hydrogen-bond donors (Lipinski definition) is 0. The number of amides is 1. The van der Waals surface area contributed by atoms with Crippen molar-refractivity contribution in [3.63, 3.8) is 0 Å². The first kappa shape index (κ1) is 21.0. The number of hydrogen-bond acceptors (Lipinski definition) is 5. The van der Waals surface area contributed by atoms with Crippen LogP contribution in [-0.4, -0.2) is 49.3 Å². The van der Waals surface area contributed by atoms with Crippen LogP contribution in [0.3, 0.4) is 0 Å². The summed E-state index contributed by atoms with van der Waals surface area (Å²) in [6.07, 6.45) is 1.14. The Bertz CT molecular complexity index is 928. The summed E-state index contributed by atoms with van der Waals surface area (Å²) in [4.78, 5) is 26.3. The minimum absolute atomic E-state index is 0.0481. The zero-order chi connectivity index (χ0) is 20.7. The lowest BCUT2D eigenvalue weighted by Gasteiger charge is -2.28. The summed E-state index contributed by atoms with van der Waals surface area (Å²) in [5, 5.41) is 0. The Kier molecular flexibility index (Phi) is 7.04. The van der Waals surface area contributed by atoms with Crippen LogP contribution in [0.5, 0.6) is 0 Å². The van der Waals surface area contributed by atoms with Crippen molar-refractivity contribution in [2.45, 2.75) is 31.8 Å². The minimum atomic E-state index is -3.14. The molecule has 29 heavy (non-hydrogen) atoms. The van der Waals surface area contributed by atoms with Gasteiger partial charge in [0, 0.05) is 19.0 Å². The summed E-state index contributed by atoms with van der Waals surface area (Å²) in [5.41, 5.74) is 1.93. The molecule has 0 unspecified atom stereocenters. The average molecular weight is 416 g/mol. The van der Waals surface area contributed by atoms with Crippen LogP contribution in [0.4, 0.5) is 0 Å². The fourth-order valence-corrected chi connectivity index (χ4v) is 5.14. The maximum absolute atomic E-state index is 12.8. The Morgan fingerprint density at radius 3 is 2.17 bits per heavy atom. The standard InChI is InChI=1S/C22H25NO5S/c24-21(16-28-22(25)12-11-18-7-3-1-4-8-18)23(15-19-9-5-2-6-10-19)20-13-14-29(26,27)17-20/h1-10,20H,11-17H2/t20-/m1/s1. The largest absolute Gasteiger partial charge is 0.456 e. The number of sulfone groups is 1. The van der Waals surface area contributed by atoms with E-state index in [0.717, 1.165) is 11.1 Å². The first-order valence-corrected chi connectivity index (χ1v) is 11.5. The van der Waals surface area contributed by atoms with Crippen molar-refractivity contribution >= 4 is 21.7 Å². The normalized spacial score (nSPS) is 17.6. The van der Waals surface area contributed by atoms with Gasteiger partial charge in [0.25, 0.3) is 5.91 Å². The van der Waals surface area contributed by atoms with Gasteiger partial charge in [-0.2, -0.15) is 0 Å². The summed E-state index contributed by atoms with van der Waals surface area (Å²) in [7, 11) is -3.14. The molecule has 1 aliphatic rings. The highest BCUT2D eigenvalue weighted by Gasteiger charge is 2.34. The molecule has 0 spiro atoms. The smallest absolute Gasteiger partial charge is 0.306 e. The highest BCUT2D eigenvalue weighted by Crippen LogP contribution is 2.20. The summed E-state index contributed by atoms with van der Waals surface area (Å²) in [6.45, 7) is -0.0849. The van der Waals surface area contributed by atoms with Crippen molar-refractivity contribution < 1.29 is 22.7 Å². The Morgan fingerprint density at radius 2 is 1.59 bits per heavy atom. The number of carbonyl (C=O) groups is 2. The van der Waals surface area contributed by atoms with E-state index in [1.807, 2.05) is 60.7 Å². The molecule has 0 N–H and O–H groups in total. The molecule has 0 saturated carbocycles. The van der Waals surface area contributed by atoms with E-state index in [9.17, 15) is 18.0 Å². The monoisotopic (exact) mass is 415 g/mol.